The molecule has 2 aliphatic heterocycles. The molecule has 0 radical (unpaired) electrons. The molecule has 0 aromatic carbocycles. The number of allylic oxidation sites excluding steroid dienone is 2. The van der Waals surface area contributed by atoms with E-state index in [1.54, 1.807) is 13.0 Å². The number of rotatable bonds is 3. The second-order valence-electron chi connectivity index (χ2n) is 13.3. The highest BCUT2D eigenvalue weighted by molar-refractivity contribution is 5.88. The average Bonchev–Trinajstić information content (AvgIpc) is 2.91. The number of ether oxygens (including phenoxy) is 3. The van der Waals surface area contributed by atoms with Gasteiger partial charge in [0.15, 0.2) is 0 Å². The van der Waals surface area contributed by atoms with Crippen molar-refractivity contribution in [2.24, 2.45) is 35.0 Å². The molecule has 2 heterocycles. The van der Waals surface area contributed by atoms with Gasteiger partial charge in [-0.15, -0.1) is 0 Å². The first-order valence-corrected chi connectivity index (χ1v) is 14.3. The third-order valence-corrected chi connectivity index (χ3v) is 10.6. The van der Waals surface area contributed by atoms with Crippen LogP contribution in [0.5, 0.6) is 0 Å². The number of esters is 3. The van der Waals surface area contributed by atoms with Gasteiger partial charge in [-0.1, -0.05) is 38.2 Å². The van der Waals surface area contributed by atoms with Crippen LogP contribution in [0.1, 0.15) is 73.6 Å². The van der Waals surface area contributed by atoms with Crippen LogP contribution in [0.25, 0.3) is 0 Å². The van der Waals surface area contributed by atoms with Crippen LogP contribution in [-0.2, 0) is 28.6 Å². The van der Waals surface area contributed by atoms with Gasteiger partial charge in [0.1, 0.15) is 17.8 Å². The zero-order chi connectivity index (χ0) is 28.5. The number of cyclic esters (lactones) is 2. The maximum absolute atomic E-state index is 12.4. The van der Waals surface area contributed by atoms with Gasteiger partial charge in [0.05, 0.1) is 11.5 Å². The van der Waals surface area contributed by atoms with Crippen LogP contribution in [0.2, 0.25) is 0 Å². The smallest absolute Gasteiger partial charge is 0.333 e. The lowest BCUT2D eigenvalue weighted by Crippen LogP contribution is -2.47. The van der Waals surface area contributed by atoms with E-state index in [0.717, 1.165) is 24.0 Å². The molecule has 9 unspecified atom stereocenters. The Bertz CT molecular complexity index is 1190. The first-order valence-electron chi connectivity index (χ1n) is 14.3. The van der Waals surface area contributed by atoms with Crippen molar-refractivity contribution in [2.75, 3.05) is 0 Å². The second kappa shape index (κ2) is 9.46. The Morgan fingerprint density at radius 2 is 1.95 bits per heavy atom. The normalized spacial score (nSPS) is 41.9. The van der Waals surface area contributed by atoms with Crippen molar-refractivity contribution < 1.29 is 33.7 Å². The van der Waals surface area contributed by atoms with Crippen molar-refractivity contribution >= 4 is 17.9 Å². The van der Waals surface area contributed by atoms with Crippen molar-refractivity contribution in [2.45, 2.75) is 97.1 Å². The van der Waals surface area contributed by atoms with E-state index in [1.165, 1.54) is 13.0 Å². The molecule has 212 valence electrons. The van der Waals surface area contributed by atoms with Gasteiger partial charge in [-0.25, -0.2) is 9.59 Å². The molecule has 9 atom stereocenters. The van der Waals surface area contributed by atoms with E-state index in [0.29, 0.717) is 24.8 Å². The molecule has 2 saturated carbocycles. The van der Waals surface area contributed by atoms with Crippen LogP contribution in [0, 0.1) is 35.0 Å². The number of fused-ring (bicyclic) bond motifs is 4. The van der Waals surface area contributed by atoms with Crippen LogP contribution in [0.15, 0.2) is 47.6 Å². The highest BCUT2D eigenvalue weighted by Crippen LogP contribution is 2.66. The summed E-state index contributed by atoms with van der Waals surface area (Å²) in [7, 11) is 0. The molecule has 7 nitrogen and oxygen atoms in total. The van der Waals surface area contributed by atoms with Crippen LogP contribution < -0.4 is 0 Å². The minimum atomic E-state index is -1.16. The molecule has 7 heteroatoms. The molecular weight excluding hydrogens is 496 g/mol. The van der Waals surface area contributed by atoms with Crippen molar-refractivity contribution in [3.05, 3.63) is 47.6 Å². The number of carbonyl (C=O) groups is 3. The predicted molar refractivity (Wildman–Crippen MR) is 145 cm³/mol. The lowest BCUT2D eigenvalue weighted by molar-refractivity contribution is -0.166. The van der Waals surface area contributed by atoms with Gasteiger partial charge in [0.25, 0.3) is 0 Å². The van der Waals surface area contributed by atoms with Crippen LogP contribution in [-0.4, -0.2) is 46.4 Å². The molecule has 5 rings (SSSR count). The summed E-state index contributed by atoms with van der Waals surface area (Å²) in [6, 6.07) is 0. The number of hydrogen-bond acceptors (Lipinski definition) is 7. The summed E-state index contributed by atoms with van der Waals surface area (Å²) in [4.78, 5) is 36.9. The number of aliphatic hydroxyl groups is 1. The first-order chi connectivity index (χ1) is 18.2. The minimum absolute atomic E-state index is 0.0531. The maximum atomic E-state index is 12.4. The summed E-state index contributed by atoms with van der Waals surface area (Å²) in [5.74, 6) is -1.34. The molecule has 39 heavy (non-hydrogen) atoms. The largest absolute Gasteiger partial charge is 0.462 e. The quantitative estimate of drug-likeness (QED) is 0.307. The fraction of sp³-hybridized carbons (Fsp3) is 0.656. The number of carbonyl (C=O) groups excluding carboxylic acids is 3. The molecular formula is C32H42O7. The Kier molecular flexibility index (Phi) is 6.77. The van der Waals surface area contributed by atoms with E-state index in [1.807, 2.05) is 26.0 Å². The Balaban J connectivity index is 1.50. The molecule has 0 spiro atoms. The van der Waals surface area contributed by atoms with Gasteiger partial charge in [-0.05, 0) is 81.3 Å². The first kappa shape index (κ1) is 27.9. The van der Waals surface area contributed by atoms with Crippen LogP contribution in [0.3, 0.4) is 0 Å². The van der Waals surface area contributed by atoms with Crippen LogP contribution in [0.4, 0.5) is 0 Å². The fourth-order valence-corrected chi connectivity index (χ4v) is 8.61. The third kappa shape index (κ3) is 4.60. The lowest BCUT2D eigenvalue weighted by atomic mass is 9.57. The zero-order valence-corrected chi connectivity index (χ0v) is 24.0. The summed E-state index contributed by atoms with van der Waals surface area (Å²) in [6.45, 7) is 15.8. The molecule has 0 bridgehead atoms. The van der Waals surface area contributed by atoms with E-state index in [9.17, 15) is 19.5 Å². The maximum Gasteiger partial charge on any atom is 0.333 e. The summed E-state index contributed by atoms with van der Waals surface area (Å²) in [5, 5.41) is 12.4. The van der Waals surface area contributed by atoms with Gasteiger partial charge in [0.2, 0.25) is 0 Å². The Morgan fingerprint density at radius 1 is 1.23 bits per heavy atom. The van der Waals surface area contributed by atoms with E-state index in [-0.39, 0.29) is 41.2 Å². The zero-order valence-electron chi connectivity index (χ0n) is 24.0. The van der Waals surface area contributed by atoms with E-state index in [2.05, 4.69) is 20.4 Å². The van der Waals surface area contributed by atoms with Gasteiger partial charge in [0, 0.05) is 30.9 Å². The minimum Gasteiger partial charge on any atom is -0.462 e. The molecule has 1 N–H and O–H groups in total. The summed E-state index contributed by atoms with van der Waals surface area (Å²) >= 11 is 0. The van der Waals surface area contributed by atoms with Gasteiger partial charge in [-0.2, -0.15) is 0 Å². The van der Waals surface area contributed by atoms with Crippen molar-refractivity contribution in [3.8, 4) is 0 Å². The average molecular weight is 539 g/mol. The van der Waals surface area contributed by atoms with Gasteiger partial charge < -0.3 is 19.3 Å². The lowest BCUT2D eigenvalue weighted by Gasteiger charge is -2.48. The Hall–Kier alpha value is -2.67. The van der Waals surface area contributed by atoms with Crippen LogP contribution >= 0.6 is 0 Å². The summed E-state index contributed by atoms with van der Waals surface area (Å²) < 4.78 is 17.5. The Labute approximate surface area is 231 Å². The fourth-order valence-electron chi connectivity index (χ4n) is 8.61. The molecule has 0 amide bonds. The Morgan fingerprint density at radius 3 is 2.62 bits per heavy atom. The SMILES string of the molecule is C=C1C(C(C)C2CC=C(C)C(=O)O2)CCC2(C)C1CC1(O)C=C3C=CC(=O)OC(C)(C)C3C(OC(C)=O)CC12. The van der Waals surface area contributed by atoms with Gasteiger partial charge >= 0.3 is 17.9 Å². The molecule has 5 aliphatic rings. The predicted octanol–water partition coefficient (Wildman–Crippen LogP) is 4.99. The second-order valence-corrected chi connectivity index (χ2v) is 13.3. The topological polar surface area (TPSA) is 99.1 Å². The van der Waals surface area contributed by atoms with Crippen molar-refractivity contribution in [1.29, 1.82) is 0 Å². The van der Waals surface area contributed by atoms with E-state index in [4.69, 9.17) is 14.2 Å². The highest BCUT2D eigenvalue weighted by Gasteiger charge is 2.64. The van der Waals surface area contributed by atoms with E-state index < -0.39 is 35.2 Å². The monoisotopic (exact) mass is 538 g/mol. The third-order valence-electron chi connectivity index (χ3n) is 10.6. The summed E-state index contributed by atoms with van der Waals surface area (Å²) in [5.41, 5.74) is 0.177. The molecule has 0 saturated heterocycles. The molecule has 0 aromatic rings. The number of hydrogen-bond donors (Lipinski definition) is 1. The van der Waals surface area contributed by atoms with Crippen molar-refractivity contribution in [1.82, 2.24) is 0 Å². The summed E-state index contributed by atoms with van der Waals surface area (Å²) in [6.07, 6.45) is 9.68. The van der Waals surface area contributed by atoms with E-state index >= 15 is 0 Å². The molecule has 2 fully saturated rings. The standard InChI is InChI=1S/C32H42O7/c1-17-8-10-24(38-29(17)35)19(3)22-12-13-31(7)23(18(22)2)16-32(36)15-21-9-11-27(34)39-30(5,6)28(21)25(14-26(31)32)37-20(4)33/h8-9,11,15,19,22-26,28,36H,2,10,12-14,16H2,1,3-7H3. The molecule has 0 aromatic heterocycles. The molecule has 3 aliphatic carbocycles. The van der Waals surface area contributed by atoms with Crippen molar-refractivity contribution in [3.63, 3.8) is 0 Å². The highest BCUT2D eigenvalue weighted by atomic mass is 16.6. The van der Waals surface area contributed by atoms with Gasteiger partial charge in [-0.3, -0.25) is 4.79 Å².